The molecule has 1 N–H and O–H groups in total. The molecule has 5 heteroatoms. The fourth-order valence-corrected chi connectivity index (χ4v) is 2.49. The number of aromatic nitrogens is 1. The number of hydrogen-bond acceptors (Lipinski definition) is 4. The largest absolute Gasteiger partial charge is 0.444 e. The van der Waals surface area contributed by atoms with E-state index in [0.717, 1.165) is 16.6 Å². The van der Waals surface area contributed by atoms with Crippen LogP contribution in [0.25, 0.3) is 10.9 Å². The van der Waals surface area contributed by atoms with Gasteiger partial charge in [0.15, 0.2) is 0 Å². The van der Waals surface area contributed by atoms with Crippen LogP contribution in [0.1, 0.15) is 20.8 Å². The minimum Gasteiger partial charge on any atom is -0.444 e. The van der Waals surface area contributed by atoms with Crippen LogP contribution in [0.4, 0.5) is 10.5 Å². The molecule has 1 amide bonds. The fourth-order valence-electron chi connectivity index (χ4n) is 2.49. The van der Waals surface area contributed by atoms with Gasteiger partial charge in [0, 0.05) is 30.4 Å². The summed E-state index contributed by atoms with van der Waals surface area (Å²) in [5, 5.41) is 4.58. The number of anilines is 1. The lowest BCUT2D eigenvalue weighted by molar-refractivity contribution is 0.0105. The van der Waals surface area contributed by atoms with Crippen molar-refractivity contribution in [1.82, 2.24) is 9.88 Å². The Morgan fingerprint density at radius 2 is 2.05 bits per heavy atom. The Morgan fingerprint density at radius 1 is 1.27 bits per heavy atom. The van der Waals surface area contributed by atoms with Gasteiger partial charge in [-0.15, -0.1) is 0 Å². The number of ether oxygens (including phenoxy) is 1. The number of carbonyl (C=O) groups is 1. The van der Waals surface area contributed by atoms with E-state index in [1.165, 1.54) is 0 Å². The number of benzene rings is 1. The number of carbonyl (C=O) groups excluding carboxylic acids is 1. The minimum atomic E-state index is -0.448. The summed E-state index contributed by atoms with van der Waals surface area (Å²) in [6, 6.07) is 10.3. The maximum atomic E-state index is 11.9. The molecule has 1 aromatic heterocycles. The number of nitrogens with one attached hydrogen (secondary N) is 1. The molecule has 0 bridgehead atoms. The van der Waals surface area contributed by atoms with Crippen molar-refractivity contribution in [3.05, 3.63) is 36.5 Å². The average Bonchev–Trinajstić information content (AvgIpc) is 2.40. The maximum Gasteiger partial charge on any atom is 0.410 e. The topological polar surface area (TPSA) is 54.5 Å². The highest BCUT2D eigenvalue weighted by Crippen LogP contribution is 2.24. The van der Waals surface area contributed by atoms with Crippen LogP contribution in [0, 0.1) is 0 Å². The first-order valence-corrected chi connectivity index (χ1v) is 7.50. The second-order valence-electron chi connectivity index (χ2n) is 6.60. The Hall–Kier alpha value is -2.30. The predicted molar refractivity (Wildman–Crippen MR) is 87.0 cm³/mol. The highest BCUT2D eigenvalue weighted by Gasteiger charge is 2.33. The summed E-state index contributed by atoms with van der Waals surface area (Å²) >= 11 is 0. The normalized spacial score (nSPS) is 15.5. The molecule has 1 fully saturated rings. The van der Waals surface area contributed by atoms with Crippen molar-refractivity contribution < 1.29 is 9.53 Å². The molecule has 5 nitrogen and oxygen atoms in total. The van der Waals surface area contributed by atoms with Gasteiger partial charge < -0.3 is 15.0 Å². The van der Waals surface area contributed by atoms with Crippen LogP contribution in [0.2, 0.25) is 0 Å². The van der Waals surface area contributed by atoms with Crippen LogP contribution < -0.4 is 5.32 Å². The molecule has 0 atom stereocenters. The van der Waals surface area contributed by atoms with Crippen LogP contribution in [0.15, 0.2) is 36.5 Å². The highest BCUT2D eigenvalue weighted by atomic mass is 16.6. The smallest absolute Gasteiger partial charge is 0.410 e. The van der Waals surface area contributed by atoms with Crippen molar-refractivity contribution in [3.8, 4) is 0 Å². The molecule has 2 heterocycles. The van der Waals surface area contributed by atoms with Crippen LogP contribution >= 0.6 is 0 Å². The first-order chi connectivity index (χ1) is 10.4. The summed E-state index contributed by atoms with van der Waals surface area (Å²) in [5.41, 5.74) is 1.58. The minimum absolute atomic E-state index is 0.245. The summed E-state index contributed by atoms with van der Waals surface area (Å²) in [4.78, 5) is 18.0. The van der Waals surface area contributed by atoms with Crippen molar-refractivity contribution in [2.75, 3.05) is 18.4 Å². The molecular weight excluding hydrogens is 278 g/mol. The predicted octanol–water partition coefficient (Wildman–Crippen LogP) is 3.27. The molecule has 0 spiro atoms. The van der Waals surface area contributed by atoms with E-state index in [9.17, 15) is 4.79 Å². The van der Waals surface area contributed by atoms with Gasteiger partial charge in [0.05, 0.1) is 11.6 Å². The fraction of sp³-hybridized carbons (Fsp3) is 0.412. The Labute approximate surface area is 130 Å². The molecule has 0 aliphatic carbocycles. The molecule has 2 aromatic rings. The third-order valence-corrected chi connectivity index (χ3v) is 3.54. The van der Waals surface area contributed by atoms with Gasteiger partial charge in [-0.2, -0.15) is 0 Å². The Bertz CT molecular complexity index is 682. The summed E-state index contributed by atoms with van der Waals surface area (Å²) in [6.45, 7) is 6.95. The molecule has 1 aliphatic rings. The van der Waals surface area contributed by atoms with Gasteiger partial charge in [0.25, 0.3) is 0 Å². The molecule has 22 heavy (non-hydrogen) atoms. The van der Waals surface area contributed by atoms with Gasteiger partial charge in [-0.05, 0) is 45.0 Å². The second-order valence-corrected chi connectivity index (χ2v) is 6.60. The van der Waals surface area contributed by atoms with E-state index in [2.05, 4.69) is 16.4 Å². The monoisotopic (exact) mass is 299 g/mol. The van der Waals surface area contributed by atoms with Crippen molar-refractivity contribution in [2.24, 2.45) is 0 Å². The molecule has 1 saturated heterocycles. The van der Waals surface area contributed by atoms with E-state index in [4.69, 9.17) is 4.74 Å². The van der Waals surface area contributed by atoms with Gasteiger partial charge in [0.1, 0.15) is 5.60 Å². The van der Waals surface area contributed by atoms with Gasteiger partial charge in [-0.3, -0.25) is 4.98 Å². The Kier molecular flexibility index (Phi) is 3.64. The molecule has 3 rings (SSSR count). The lowest BCUT2D eigenvalue weighted by Gasteiger charge is -2.40. The molecule has 0 unspecified atom stereocenters. The van der Waals surface area contributed by atoms with Crippen LogP contribution in [-0.4, -0.2) is 40.7 Å². The third-order valence-electron chi connectivity index (χ3n) is 3.54. The summed E-state index contributed by atoms with van der Waals surface area (Å²) < 4.78 is 5.36. The summed E-state index contributed by atoms with van der Waals surface area (Å²) in [7, 11) is 0. The van der Waals surface area contributed by atoms with E-state index in [0.29, 0.717) is 13.1 Å². The molecule has 0 saturated carbocycles. The summed E-state index contributed by atoms with van der Waals surface area (Å²) in [5.74, 6) is 0. The van der Waals surface area contributed by atoms with Crippen LogP contribution in [0.3, 0.4) is 0 Å². The number of rotatable bonds is 2. The van der Waals surface area contributed by atoms with E-state index >= 15 is 0 Å². The van der Waals surface area contributed by atoms with Crippen molar-refractivity contribution >= 4 is 22.7 Å². The average molecular weight is 299 g/mol. The second kappa shape index (κ2) is 5.48. The molecular formula is C17H21N3O2. The zero-order chi connectivity index (χ0) is 15.7. The molecule has 1 aliphatic heterocycles. The third kappa shape index (κ3) is 3.13. The van der Waals surface area contributed by atoms with Crippen molar-refractivity contribution in [3.63, 3.8) is 0 Å². The Morgan fingerprint density at radius 3 is 2.77 bits per heavy atom. The zero-order valence-corrected chi connectivity index (χ0v) is 13.2. The highest BCUT2D eigenvalue weighted by molar-refractivity contribution is 5.91. The lowest BCUT2D eigenvalue weighted by atomic mass is 10.1. The lowest BCUT2D eigenvalue weighted by Crippen LogP contribution is -2.57. The summed E-state index contributed by atoms with van der Waals surface area (Å²) in [6.07, 6.45) is 1.55. The quantitative estimate of drug-likeness (QED) is 0.924. The standard InChI is InChI=1S/C17H21N3O2/c1-17(2,3)22-16(21)20-10-12(11-20)19-15-8-4-7-14-13(15)6-5-9-18-14/h4-9,12,19H,10-11H2,1-3H3. The molecule has 1 aromatic carbocycles. The van der Waals surface area contributed by atoms with E-state index in [-0.39, 0.29) is 12.1 Å². The first kappa shape index (κ1) is 14.6. The SMILES string of the molecule is CC(C)(C)OC(=O)N1CC(Nc2cccc3ncccc23)C1. The Balaban J connectivity index is 1.61. The molecule has 116 valence electrons. The van der Waals surface area contributed by atoms with Gasteiger partial charge in [-0.1, -0.05) is 6.07 Å². The van der Waals surface area contributed by atoms with E-state index in [1.54, 1.807) is 11.1 Å². The van der Waals surface area contributed by atoms with Gasteiger partial charge in [0.2, 0.25) is 0 Å². The van der Waals surface area contributed by atoms with Crippen molar-refractivity contribution in [2.45, 2.75) is 32.4 Å². The maximum absolute atomic E-state index is 11.9. The van der Waals surface area contributed by atoms with Gasteiger partial charge >= 0.3 is 6.09 Å². The number of hydrogen-bond donors (Lipinski definition) is 1. The number of pyridine rings is 1. The number of nitrogens with zero attached hydrogens (tertiary/aromatic N) is 2. The number of likely N-dealkylation sites (tertiary alicyclic amines) is 1. The number of fused-ring (bicyclic) bond motifs is 1. The van der Waals surface area contributed by atoms with Crippen LogP contribution in [0.5, 0.6) is 0 Å². The van der Waals surface area contributed by atoms with Gasteiger partial charge in [-0.25, -0.2) is 4.79 Å². The van der Waals surface area contributed by atoms with E-state index in [1.807, 2.05) is 45.0 Å². The van der Waals surface area contributed by atoms with Crippen molar-refractivity contribution in [1.29, 1.82) is 0 Å². The zero-order valence-electron chi connectivity index (χ0n) is 13.2. The molecule has 0 radical (unpaired) electrons. The van der Waals surface area contributed by atoms with Crippen LogP contribution in [-0.2, 0) is 4.74 Å². The first-order valence-electron chi connectivity index (χ1n) is 7.50. The van der Waals surface area contributed by atoms with E-state index < -0.39 is 5.60 Å². The number of amides is 1.